The summed E-state index contributed by atoms with van der Waals surface area (Å²) in [6.07, 6.45) is 6.27. The van der Waals surface area contributed by atoms with E-state index in [2.05, 4.69) is 10.3 Å². The summed E-state index contributed by atoms with van der Waals surface area (Å²) in [7, 11) is 1.64. The number of hydrogen-bond acceptors (Lipinski definition) is 3. The largest absolute Gasteiger partial charge is 0.493 e. The van der Waals surface area contributed by atoms with Gasteiger partial charge in [-0.05, 0) is 37.5 Å². The van der Waals surface area contributed by atoms with Gasteiger partial charge in [-0.25, -0.2) is 4.99 Å². The second kappa shape index (κ2) is 10.6. The number of benzene rings is 1. The molecular formula is C17H28IN3O2. The minimum atomic E-state index is 0. The van der Waals surface area contributed by atoms with Crippen LogP contribution in [0.1, 0.15) is 44.6 Å². The lowest BCUT2D eigenvalue weighted by molar-refractivity contribution is 0.310. The van der Waals surface area contributed by atoms with Gasteiger partial charge in [0, 0.05) is 6.04 Å². The number of ether oxygens (including phenoxy) is 2. The number of rotatable bonds is 6. The molecule has 0 unspecified atom stereocenters. The SMILES string of the molecule is CCOc1ccc(CN=C(N)NC2CCCCC2)cc1OC.I. The molecule has 0 bridgehead atoms. The van der Waals surface area contributed by atoms with Gasteiger partial charge in [-0.2, -0.15) is 0 Å². The van der Waals surface area contributed by atoms with Crippen LogP contribution in [0.3, 0.4) is 0 Å². The van der Waals surface area contributed by atoms with Gasteiger partial charge in [-0.3, -0.25) is 0 Å². The van der Waals surface area contributed by atoms with Gasteiger partial charge in [0.25, 0.3) is 0 Å². The van der Waals surface area contributed by atoms with Crippen LogP contribution >= 0.6 is 24.0 Å². The number of methoxy groups -OCH3 is 1. The molecule has 1 aromatic carbocycles. The summed E-state index contributed by atoms with van der Waals surface area (Å²) in [6, 6.07) is 6.33. The lowest BCUT2D eigenvalue weighted by atomic mass is 9.96. The van der Waals surface area contributed by atoms with Crippen LogP contribution in [0.2, 0.25) is 0 Å². The predicted octanol–water partition coefficient (Wildman–Crippen LogP) is 3.45. The molecule has 6 heteroatoms. The minimum Gasteiger partial charge on any atom is -0.493 e. The third kappa shape index (κ3) is 6.45. The molecule has 0 aliphatic heterocycles. The Morgan fingerprint density at radius 3 is 2.65 bits per heavy atom. The molecular weight excluding hydrogens is 405 g/mol. The Bertz CT molecular complexity index is 503. The fourth-order valence-electron chi connectivity index (χ4n) is 2.76. The zero-order valence-corrected chi connectivity index (χ0v) is 16.3. The first-order valence-electron chi connectivity index (χ1n) is 8.09. The second-order valence-corrected chi connectivity index (χ2v) is 5.60. The van der Waals surface area contributed by atoms with E-state index in [0.29, 0.717) is 25.2 Å². The molecule has 1 fully saturated rings. The van der Waals surface area contributed by atoms with Gasteiger partial charge >= 0.3 is 0 Å². The van der Waals surface area contributed by atoms with E-state index in [0.717, 1.165) is 17.1 Å². The standard InChI is InChI=1S/C17H27N3O2.HI/c1-3-22-15-10-9-13(11-16(15)21-2)12-19-17(18)20-14-7-5-4-6-8-14;/h9-11,14H,3-8,12H2,1-2H3,(H3,18,19,20);1H. The van der Waals surface area contributed by atoms with Gasteiger partial charge in [-0.15, -0.1) is 24.0 Å². The summed E-state index contributed by atoms with van der Waals surface area (Å²) < 4.78 is 10.9. The lowest BCUT2D eigenvalue weighted by Crippen LogP contribution is -2.41. The molecule has 0 saturated heterocycles. The summed E-state index contributed by atoms with van der Waals surface area (Å²) in [5.41, 5.74) is 7.03. The molecule has 0 amide bonds. The van der Waals surface area contributed by atoms with Gasteiger partial charge in [0.05, 0.1) is 20.3 Å². The van der Waals surface area contributed by atoms with Crippen molar-refractivity contribution in [3.63, 3.8) is 0 Å². The number of nitrogens with zero attached hydrogens (tertiary/aromatic N) is 1. The van der Waals surface area contributed by atoms with E-state index in [1.807, 2.05) is 25.1 Å². The third-order valence-corrected chi connectivity index (χ3v) is 3.92. The zero-order chi connectivity index (χ0) is 15.8. The van der Waals surface area contributed by atoms with Crippen molar-refractivity contribution < 1.29 is 9.47 Å². The van der Waals surface area contributed by atoms with Crippen molar-refractivity contribution in [3.8, 4) is 11.5 Å². The summed E-state index contributed by atoms with van der Waals surface area (Å²) in [5.74, 6) is 2.01. The van der Waals surface area contributed by atoms with Gasteiger partial charge in [0.2, 0.25) is 0 Å². The van der Waals surface area contributed by atoms with E-state index >= 15 is 0 Å². The predicted molar refractivity (Wildman–Crippen MR) is 105 cm³/mol. The van der Waals surface area contributed by atoms with Crippen LogP contribution in [0, 0.1) is 0 Å². The Kier molecular flexibility index (Phi) is 9.13. The quantitative estimate of drug-likeness (QED) is 0.410. The smallest absolute Gasteiger partial charge is 0.189 e. The molecule has 0 aromatic heterocycles. The maximum atomic E-state index is 5.98. The molecule has 1 aliphatic carbocycles. The topological polar surface area (TPSA) is 68.9 Å². The van der Waals surface area contributed by atoms with Crippen LogP contribution < -0.4 is 20.5 Å². The van der Waals surface area contributed by atoms with Crippen molar-refractivity contribution in [2.24, 2.45) is 10.7 Å². The second-order valence-electron chi connectivity index (χ2n) is 5.60. The highest BCUT2D eigenvalue weighted by Crippen LogP contribution is 2.28. The lowest BCUT2D eigenvalue weighted by Gasteiger charge is -2.23. The monoisotopic (exact) mass is 433 g/mol. The van der Waals surface area contributed by atoms with Gasteiger partial charge < -0.3 is 20.5 Å². The highest BCUT2D eigenvalue weighted by molar-refractivity contribution is 14.0. The van der Waals surface area contributed by atoms with Gasteiger partial charge in [0.15, 0.2) is 17.5 Å². The van der Waals surface area contributed by atoms with Crippen molar-refractivity contribution in [1.82, 2.24) is 5.32 Å². The number of nitrogens with two attached hydrogens (primary N) is 1. The third-order valence-electron chi connectivity index (χ3n) is 3.92. The summed E-state index contributed by atoms with van der Waals surface area (Å²) in [6.45, 7) is 3.11. The van der Waals surface area contributed by atoms with Crippen LogP contribution in [0.5, 0.6) is 11.5 Å². The first kappa shape index (κ1) is 19.9. The highest BCUT2D eigenvalue weighted by atomic mass is 127. The maximum Gasteiger partial charge on any atom is 0.189 e. The van der Waals surface area contributed by atoms with E-state index < -0.39 is 0 Å². The first-order chi connectivity index (χ1) is 10.7. The normalized spacial score (nSPS) is 15.7. The molecule has 0 spiro atoms. The van der Waals surface area contributed by atoms with Crippen molar-refractivity contribution in [2.45, 2.75) is 51.6 Å². The molecule has 130 valence electrons. The Balaban J connectivity index is 0.00000264. The Labute approximate surface area is 156 Å². The number of halogens is 1. The maximum absolute atomic E-state index is 5.98. The molecule has 1 aliphatic rings. The molecule has 5 nitrogen and oxygen atoms in total. The molecule has 1 aromatic rings. The molecule has 0 atom stereocenters. The van der Waals surface area contributed by atoms with E-state index in [-0.39, 0.29) is 24.0 Å². The minimum absolute atomic E-state index is 0. The highest BCUT2D eigenvalue weighted by Gasteiger charge is 2.13. The molecule has 1 saturated carbocycles. The molecule has 23 heavy (non-hydrogen) atoms. The average Bonchev–Trinajstić information content (AvgIpc) is 2.55. The number of guanidine groups is 1. The fraction of sp³-hybridized carbons (Fsp3) is 0.588. The first-order valence-corrected chi connectivity index (χ1v) is 8.09. The van der Waals surface area contributed by atoms with E-state index in [1.54, 1.807) is 7.11 Å². The van der Waals surface area contributed by atoms with Crippen molar-refractivity contribution in [2.75, 3.05) is 13.7 Å². The van der Waals surface area contributed by atoms with Gasteiger partial charge in [0.1, 0.15) is 0 Å². The molecule has 0 heterocycles. The Hall–Kier alpha value is -1.18. The van der Waals surface area contributed by atoms with Crippen molar-refractivity contribution >= 4 is 29.9 Å². The van der Waals surface area contributed by atoms with Crippen LogP contribution in [0.15, 0.2) is 23.2 Å². The van der Waals surface area contributed by atoms with Crippen LogP contribution in [-0.2, 0) is 6.54 Å². The molecule has 2 rings (SSSR count). The van der Waals surface area contributed by atoms with Crippen molar-refractivity contribution in [1.29, 1.82) is 0 Å². The van der Waals surface area contributed by atoms with Crippen LogP contribution in [-0.4, -0.2) is 25.7 Å². The Morgan fingerprint density at radius 1 is 1.26 bits per heavy atom. The summed E-state index contributed by atoms with van der Waals surface area (Å²) in [5, 5.41) is 3.32. The van der Waals surface area contributed by atoms with E-state index in [9.17, 15) is 0 Å². The van der Waals surface area contributed by atoms with Gasteiger partial charge in [-0.1, -0.05) is 25.3 Å². The van der Waals surface area contributed by atoms with E-state index in [1.165, 1.54) is 32.1 Å². The molecule has 0 radical (unpaired) electrons. The number of nitrogens with one attached hydrogen (secondary N) is 1. The van der Waals surface area contributed by atoms with Crippen LogP contribution in [0.4, 0.5) is 0 Å². The van der Waals surface area contributed by atoms with Crippen LogP contribution in [0.25, 0.3) is 0 Å². The van der Waals surface area contributed by atoms with Crippen molar-refractivity contribution in [3.05, 3.63) is 23.8 Å². The average molecular weight is 433 g/mol. The molecule has 3 N–H and O–H groups in total. The Morgan fingerprint density at radius 2 is 2.00 bits per heavy atom. The zero-order valence-electron chi connectivity index (χ0n) is 14.0. The summed E-state index contributed by atoms with van der Waals surface area (Å²) >= 11 is 0. The number of hydrogen-bond donors (Lipinski definition) is 2. The fourth-order valence-corrected chi connectivity index (χ4v) is 2.76. The van der Waals surface area contributed by atoms with E-state index in [4.69, 9.17) is 15.2 Å². The summed E-state index contributed by atoms with van der Waals surface area (Å²) in [4.78, 5) is 4.43. The number of aliphatic imine (C=N–C) groups is 1.